The van der Waals surface area contributed by atoms with E-state index in [2.05, 4.69) is 5.32 Å². The van der Waals surface area contributed by atoms with E-state index < -0.39 is 16.7 Å². The van der Waals surface area contributed by atoms with Gasteiger partial charge < -0.3 is 15.8 Å². The third-order valence-electron chi connectivity index (χ3n) is 3.07. The lowest BCUT2D eigenvalue weighted by Gasteiger charge is -2.07. The van der Waals surface area contributed by atoms with Gasteiger partial charge in [0, 0.05) is 17.7 Å². The van der Waals surface area contributed by atoms with Crippen LogP contribution >= 0.6 is 0 Å². The van der Waals surface area contributed by atoms with Gasteiger partial charge in [0.15, 0.2) is 0 Å². The van der Waals surface area contributed by atoms with Crippen molar-refractivity contribution in [1.82, 2.24) is 5.32 Å². The molecule has 2 rings (SSSR count). The highest BCUT2D eigenvalue weighted by Crippen LogP contribution is 2.17. The quantitative estimate of drug-likeness (QED) is 0.586. The second-order valence-electron chi connectivity index (χ2n) is 4.89. The molecule has 8 nitrogen and oxygen atoms in total. The Labute approximate surface area is 137 Å². The van der Waals surface area contributed by atoms with Gasteiger partial charge in [-0.05, 0) is 29.8 Å². The number of amides is 2. The van der Waals surface area contributed by atoms with E-state index >= 15 is 0 Å². The lowest BCUT2D eigenvalue weighted by atomic mass is 10.2. The van der Waals surface area contributed by atoms with Gasteiger partial charge in [-0.3, -0.25) is 19.7 Å². The first kappa shape index (κ1) is 16.9. The Morgan fingerprint density at radius 2 is 1.88 bits per heavy atom. The van der Waals surface area contributed by atoms with Crippen LogP contribution < -0.4 is 15.8 Å². The maximum absolute atomic E-state index is 11.7. The van der Waals surface area contributed by atoms with Crippen molar-refractivity contribution in [3.8, 4) is 5.75 Å². The van der Waals surface area contributed by atoms with Crippen LogP contribution in [0.25, 0.3) is 0 Å². The average molecular weight is 329 g/mol. The normalized spacial score (nSPS) is 10.0. The summed E-state index contributed by atoms with van der Waals surface area (Å²) in [6.45, 7) is -0.0707. The van der Waals surface area contributed by atoms with Crippen molar-refractivity contribution >= 4 is 17.5 Å². The Balaban J connectivity index is 1.94. The lowest BCUT2D eigenvalue weighted by molar-refractivity contribution is -0.384. The summed E-state index contributed by atoms with van der Waals surface area (Å²) in [5.74, 6) is -0.535. The summed E-state index contributed by atoms with van der Waals surface area (Å²) < 4.78 is 5.53. The summed E-state index contributed by atoms with van der Waals surface area (Å²) in [6, 6.07) is 12.4. The van der Waals surface area contributed by atoms with Crippen LogP contribution in [-0.4, -0.2) is 23.3 Å². The standard InChI is InChI=1S/C16H15N3O5/c17-15(20)9-18-16(21)12-4-6-14(7-5-12)24-10-11-2-1-3-13(8-11)19(22)23/h1-8H,9-10H2,(H2,17,20)(H,18,21). The van der Waals surface area contributed by atoms with Crippen molar-refractivity contribution in [2.24, 2.45) is 5.73 Å². The number of nitro benzene ring substituents is 1. The number of non-ortho nitro benzene ring substituents is 1. The molecule has 0 aliphatic heterocycles. The number of rotatable bonds is 7. The van der Waals surface area contributed by atoms with Crippen molar-refractivity contribution in [2.45, 2.75) is 6.61 Å². The molecule has 0 heterocycles. The van der Waals surface area contributed by atoms with Crippen LogP contribution in [0.15, 0.2) is 48.5 Å². The Kier molecular flexibility index (Phi) is 5.45. The minimum Gasteiger partial charge on any atom is -0.489 e. The monoisotopic (exact) mass is 329 g/mol. The fourth-order valence-corrected chi connectivity index (χ4v) is 1.90. The number of nitrogens with two attached hydrogens (primary N) is 1. The number of carbonyl (C=O) groups excluding carboxylic acids is 2. The van der Waals surface area contributed by atoms with E-state index in [4.69, 9.17) is 10.5 Å². The summed E-state index contributed by atoms with van der Waals surface area (Å²) in [4.78, 5) is 32.6. The maximum atomic E-state index is 11.7. The zero-order valence-electron chi connectivity index (χ0n) is 12.6. The minimum absolute atomic E-state index is 0.00225. The molecule has 0 spiro atoms. The molecule has 0 atom stereocenters. The molecule has 0 aliphatic carbocycles. The van der Waals surface area contributed by atoms with Crippen LogP contribution in [0.5, 0.6) is 5.75 Å². The predicted molar refractivity (Wildman–Crippen MR) is 85.4 cm³/mol. The van der Waals surface area contributed by atoms with E-state index in [0.29, 0.717) is 16.9 Å². The smallest absolute Gasteiger partial charge is 0.269 e. The third kappa shape index (κ3) is 4.80. The van der Waals surface area contributed by atoms with Crippen molar-refractivity contribution in [1.29, 1.82) is 0 Å². The molecule has 0 unspecified atom stereocenters. The largest absolute Gasteiger partial charge is 0.489 e. The summed E-state index contributed by atoms with van der Waals surface area (Å²) >= 11 is 0. The molecule has 0 radical (unpaired) electrons. The molecule has 0 saturated carbocycles. The van der Waals surface area contributed by atoms with Gasteiger partial charge >= 0.3 is 0 Å². The van der Waals surface area contributed by atoms with Crippen LogP contribution in [0.1, 0.15) is 15.9 Å². The minimum atomic E-state index is -0.625. The number of primary amides is 1. The van der Waals surface area contributed by atoms with E-state index in [1.807, 2.05) is 0 Å². The lowest BCUT2D eigenvalue weighted by Crippen LogP contribution is -2.33. The highest BCUT2D eigenvalue weighted by Gasteiger charge is 2.08. The molecule has 0 aromatic heterocycles. The van der Waals surface area contributed by atoms with Gasteiger partial charge in [0.2, 0.25) is 5.91 Å². The van der Waals surface area contributed by atoms with Crippen molar-refractivity contribution < 1.29 is 19.2 Å². The number of nitro groups is 1. The summed E-state index contributed by atoms with van der Waals surface area (Å²) in [5.41, 5.74) is 5.97. The zero-order chi connectivity index (χ0) is 17.5. The van der Waals surface area contributed by atoms with E-state index in [9.17, 15) is 19.7 Å². The van der Waals surface area contributed by atoms with Gasteiger partial charge in [0.1, 0.15) is 12.4 Å². The van der Waals surface area contributed by atoms with Gasteiger partial charge in [-0.15, -0.1) is 0 Å². The number of carbonyl (C=O) groups is 2. The Bertz CT molecular complexity index is 759. The highest BCUT2D eigenvalue weighted by molar-refractivity contribution is 5.96. The Morgan fingerprint density at radius 3 is 2.50 bits per heavy atom. The van der Waals surface area contributed by atoms with Crippen LogP contribution in [0.4, 0.5) is 5.69 Å². The molecule has 124 valence electrons. The number of nitrogens with one attached hydrogen (secondary N) is 1. The van der Waals surface area contributed by atoms with Crippen molar-refractivity contribution in [3.63, 3.8) is 0 Å². The first-order valence-corrected chi connectivity index (χ1v) is 6.98. The fourth-order valence-electron chi connectivity index (χ4n) is 1.90. The Hall–Kier alpha value is -3.42. The first-order chi connectivity index (χ1) is 11.5. The molecular formula is C16H15N3O5. The number of hydrogen-bond acceptors (Lipinski definition) is 5. The third-order valence-corrected chi connectivity index (χ3v) is 3.07. The molecular weight excluding hydrogens is 314 g/mol. The molecule has 0 bridgehead atoms. The van der Waals surface area contributed by atoms with Crippen molar-refractivity contribution in [3.05, 3.63) is 69.8 Å². The second kappa shape index (κ2) is 7.73. The van der Waals surface area contributed by atoms with Gasteiger partial charge in [-0.2, -0.15) is 0 Å². The van der Waals surface area contributed by atoms with Gasteiger partial charge in [-0.25, -0.2) is 0 Å². The topological polar surface area (TPSA) is 125 Å². The molecule has 24 heavy (non-hydrogen) atoms. The molecule has 2 amide bonds. The zero-order valence-corrected chi connectivity index (χ0v) is 12.6. The van der Waals surface area contributed by atoms with E-state index in [-0.39, 0.29) is 18.8 Å². The van der Waals surface area contributed by atoms with Crippen molar-refractivity contribution in [2.75, 3.05) is 6.54 Å². The highest BCUT2D eigenvalue weighted by atomic mass is 16.6. The molecule has 0 aliphatic rings. The van der Waals surface area contributed by atoms with Crippen LogP contribution in [0.3, 0.4) is 0 Å². The number of hydrogen-bond donors (Lipinski definition) is 2. The number of ether oxygens (including phenoxy) is 1. The summed E-state index contributed by atoms with van der Waals surface area (Å²) in [6.07, 6.45) is 0. The fraction of sp³-hybridized carbons (Fsp3) is 0.125. The SMILES string of the molecule is NC(=O)CNC(=O)c1ccc(OCc2cccc([N+](=O)[O-])c2)cc1. The number of benzene rings is 2. The van der Waals surface area contributed by atoms with E-state index in [0.717, 1.165) is 0 Å². The van der Waals surface area contributed by atoms with Gasteiger partial charge in [0.05, 0.1) is 11.5 Å². The van der Waals surface area contributed by atoms with Crippen LogP contribution in [0, 0.1) is 10.1 Å². The van der Waals surface area contributed by atoms with E-state index in [1.165, 1.54) is 12.1 Å². The van der Waals surface area contributed by atoms with E-state index in [1.54, 1.807) is 36.4 Å². The van der Waals surface area contributed by atoms with Gasteiger partial charge in [0.25, 0.3) is 11.6 Å². The maximum Gasteiger partial charge on any atom is 0.269 e. The molecule has 2 aromatic carbocycles. The molecule has 0 fully saturated rings. The second-order valence-corrected chi connectivity index (χ2v) is 4.89. The van der Waals surface area contributed by atoms with Crippen LogP contribution in [0.2, 0.25) is 0 Å². The van der Waals surface area contributed by atoms with Gasteiger partial charge in [-0.1, -0.05) is 12.1 Å². The summed E-state index contributed by atoms with van der Waals surface area (Å²) in [5, 5.41) is 13.1. The average Bonchev–Trinajstić information content (AvgIpc) is 2.58. The molecule has 2 aromatic rings. The summed E-state index contributed by atoms with van der Waals surface area (Å²) in [7, 11) is 0. The Morgan fingerprint density at radius 1 is 1.17 bits per heavy atom. The molecule has 0 saturated heterocycles. The van der Waals surface area contributed by atoms with Crippen LogP contribution in [-0.2, 0) is 11.4 Å². The predicted octanol–water partition coefficient (Wildman–Crippen LogP) is 1.39. The first-order valence-electron chi connectivity index (χ1n) is 6.98. The molecule has 3 N–H and O–H groups in total. The molecule has 8 heteroatoms. The number of nitrogens with zero attached hydrogens (tertiary/aromatic N) is 1.